The molecular weight excluding hydrogens is 756 g/mol. The minimum Gasteiger partial charge on any atom is -0.459 e. The summed E-state index contributed by atoms with van der Waals surface area (Å²) in [6, 6.07) is 0. The highest BCUT2D eigenvalue weighted by Gasteiger charge is 2.69. The second kappa shape index (κ2) is 16.2. The number of aliphatic hydroxyl groups excluding tert-OH is 4. The lowest BCUT2D eigenvalue weighted by Gasteiger charge is -2.64. The Morgan fingerprint density at radius 3 is 1.98 bits per heavy atom. The van der Waals surface area contributed by atoms with Crippen LogP contribution >= 0.6 is 0 Å². The van der Waals surface area contributed by atoms with Gasteiger partial charge in [0.15, 0.2) is 18.9 Å². The highest BCUT2D eigenvalue weighted by Crippen LogP contribution is 2.70. The van der Waals surface area contributed by atoms with E-state index in [1.54, 1.807) is 19.9 Å². The first-order chi connectivity index (χ1) is 27.4. The fourth-order valence-electron chi connectivity index (χ4n) is 13.1. The van der Waals surface area contributed by atoms with E-state index in [0.29, 0.717) is 19.4 Å². The second-order valence-electron chi connectivity index (χ2n) is 19.4. The molecule has 0 unspecified atom stereocenters. The molecule has 0 aromatic rings. The summed E-state index contributed by atoms with van der Waals surface area (Å²) in [5.74, 6) is -0.246. The Morgan fingerprint density at radius 1 is 0.759 bits per heavy atom. The number of fused-ring (bicyclic) bond motifs is 5. The molecule has 0 radical (unpaired) electrons. The van der Waals surface area contributed by atoms with Gasteiger partial charge in [0.1, 0.15) is 31.0 Å². The molecule has 8 rings (SSSR count). The highest BCUT2D eigenvalue weighted by molar-refractivity contribution is 5.85. The van der Waals surface area contributed by atoms with Gasteiger partial charge in [-0.25, -0.2) is 4.79 Å². The van der Waals surface area contributed by atoms with Gasteiger partial charge < -0.3 is 63.4 Å². The van der Waals surface area contributed by atoms with Crippen LogP contribution in [-0.4, -0.2) is 136 Å². The lowest BCUT2D eigenvalue weighted by atomic mass is 9.42. The van der Waals surface area contributed by atoms with Gasteiger partial charge in [-0.1, -0.05) is 13.8 Å². The average Bonchev–Trinajstić information content (AvgIpc) is 3.69. The molecule has 8 aliphatic rings. The predicted octanol–water partition coefficient (Wildman–Crippen LogP) is 2.79. The maximum absolute atomic E-state index is 12.6. The van der Waals surface area contributed by atoms with E-state index in [-0.39, 0.29) is 65.8 Å². The van der Waals surface area contributed by atoms with Crippen molar-refractivity contribution in [2.45, 2.75) is 204 Å². The summed E-state index contributed by atoms with van der Waals surface area (Å²) < 4.78 is 47.6. The Kier molecular flexibility index (Phi) is 12.0. The summed E-state index contributed by atoms with van der Waals surface area (Å²) in [7, 11) is 0. The quantitative estimate of drug-likeness (QED) is 0.176. The number of esters is 2. The molecule has 0 bridgehead atoms. The van der Waals surface area contributed by atoms with Crippen molar-refractivity contribution in [2.75, 3.05) is 6.61 Å². The van der Waals surface area contributed by atoms with Crippen LogP contribution in [-0.2, 0) is 47.5 Å². The maximum Gasteiger partial charge on any atom is 0.331 e. The smallest absolute Gasteiger partial charge is 0.331 e. The first-order valence-electron chi connectivity index (χ1n) is 21.8. The Hall–Kier alpha value is -1.76. The molecule has 4 aliphatic heterocycles. The predicted molar refractivity (Wildman–Crippen MR) is 202 cm³/mol. The van der Waals surface area contributed by atoms with Crippen molar-refractivity contribution in [2.24, 2.45) is 34.5 Å². The summed E-state index contributed by atoms with van der Waals surface area (Å²) in [6.45, 7) is 11.2. The van der Waals surface area contributed by atoms with Crippen LogP contribution in [0.25, 0.3) is 0 Å². The van der Waals surface area contributed by atoms with Crippen LogP contribution in [0, 0.1) is 34.5 Å². The number of hydrogen-bond acceptors (Lipinski definition) is 15. The van der Waals surface area contributed by atoms with E-state index in [4.69, 9.17) is 37.9 Å². The fourth-order valence-corrected chi connectivity index (χ4v) is 13.1. The third-order valence-electron chi connectivity index (χ3n) is 16.3. The maximum atomic E-state index is 12.6. The van der Waals surface area contributed by atoms with Crippen molar-refractivity contribution in [1.29, 1.82) is 0 Å². The number of rotatable bonds is 8. The molecule has 0 spiro atoms. The van der Waals surface area contributed by atoms with Gasteiger partial charge in [0.25, 0.3) is 0 Å². The summed E-state index contributed by atoms with van der Waals surface area (Å²) in [5, 5.41) is 57.4. The lowest BCUT2D eigenvalue weighted by molar-refractivity contribution is -0.337. The van der Waals surface area contributed by atoms with Crippen LogP contribution in [0.3, 0.4) is 0 Å². The molecule has 4 aliphatic carbocycles. The van der Waals surface area contributed by atoms with Gasteiger partial charge in [-0.3, -0.25) is 4.79 Å². The Bertz CT molecular complexity index is 1530. The van der Waals surface area contributed by atoms with Crippen molar-refractivity contribution < 1.29 is 73.0 Å². The summed E-state index contributed by atoms with van der Waals surface area (Å²) in [5.41, 5.74) is -0.565. The van der Waals surface area contributed by atoms with E-state index in [1.807, 2.05) is 6.92 Å². The molecule has 0 aromatic carbocycles. The molecule has 5 N–H and O–H groups in total. The highest BCUT2D eigenvalue weighted by atomic mass is 16.7. The zero-order chi connectivity index (χ0) is 41.5. The van der Waals surface area contributed by atoms with Gasteiger partial charge in [-0.05, 0) is 100 Å². The Labute approximate surface area is 341 Å². The largest absolute Gasteiger partial charge is 0.459 e. The molecule has 4 saturated carbocycles. The molecule has 4 heterocycles. The number of carbonyl (C=O) groups is 2. The van der Waals surface area contributed by atoms with Gasteiger partial charge in [-0.15, -0.1) is 0 Å². The zero-order valence-corrected chi connectivity index (χ0v) is 34.8. The molecular formula is C43H66O15. The molecule has 15 heteroatoms. The normalized spacial score (nSPS) is 53.2. The van der Waals surface area contributed by atoms with Gasteiger partial charge >= 0.3 is 11.9 Å². The Morgan fingerprint density at radius 2 is 1.38 bits per heavy atom. The van der Waals surface area contributed by atoms with E-state index in [2.05, 4.69) is 13.8 Å². The van der Waals surface area contributed by atoms with Crippen LogP contribution in [0.4, 0.5) is 0 Å². The molecule has 58 heavy (non-hydrogen) atoms. The minimum atomic E-state index is -1.00. The summed E-state index contributed by atoms with van der Waals surface area (Å²) in [4.78, 5) is 23.5. The fraction of sp³-hybridized carbons (Fsp3) is 0.907. The van der Waals surface area contributed by atoms with Crippen molar-refractivity contribution in [3.63, 3.8) is 0 Å². The number of cyclic esters (lactones) is 1. The number of carbonyl (C=O) groups excluding carboxylic acids is 2. The van der Waals surface area contributed by atoms with Crippen molar-refractivity contribution in [3.8, 4) is 0 Å². The Balaban J connectivity index is 0.834. The van der Waals surface area contributed by atoms with Crippen LogP contribution < -0.4 is 0 Å². The van der Waals surface area contributed by atoms with Gasteiger partial charge in [-0.2, -0.15) is 0 Å². The SMILES string of the molecule is CC(=O)O[C@@H]1C[C@H](O[C@@H]2[C@H](O)C[C@H](O[C@@H]3[C@H](O)C[C@H](O[C@H]4C[C@H]5CC[C@@H]6[C@H](CC[C@]7(C)[C@H](C8=CC(=O)OC8)CC[C@@]67O)[C@]5(C)[C@@H](O)C4)O[C@@H]3C)O[C@@H]2C)O[C@@H](C)[C@@H]1O. The molecule has 0 aromatic heterocycles. The second-order valence-corrected chi connectivity index (χ2v) is 19.4. The van der Waals surface area contributed by atoms with Gasteiger partial charge in [0.05, 0.1) is 48.3 Å². The van der Waals surface area contributed by atoms with E-state index in [0.717, 1.165) is 44.1 Å². The van der Waals surface area contributed by atoms with E-state index < -0.39 is 91.5 Å². The first-order valence-corrected chi connectivity index (χ1v) is 21.8. The molecule has 0 amide bonds. The van der Waals surface area contributed by atoms with Crippen LogP contribution in [0.1, 0.15) is 112 Å². The average molecular weight is 823 g/mol. The third-order valence-corrected chi connectivity index (χ3v) is 16.3. The van der Waals surface area contributed by atoms with Gasteiger partial charge in [0, 0.05) is 44.1 Å². The molecule has 21 atom stereocenters. The van der Waals surface area contributed by atoms with E-state index >= 15 is 0 Å². The topological polar surface area (TPSA) is 209 Å². The number of ether oxygens (including phenoxy) is 8. The summed E-state index contributed by atoms with van der Waals surface area (Å²) in [6.07, 6.45) is -2.18. The summed E-state index contributed by atoms with van der Waals surface area (Å²) >= 11 is 0. The minimum absolute atomic E-state index is 0.0659. The van der Waals surface area contributed by atoms with E-state index in [9.17, 15) is 35.1 Å². The molecule has 15 nitrogen and oxygen atoms in total. The molecule has 328 valence electrons. The number of hydrogen-bond donors (Lipinski definition) is 5. The first kappa shape index (κ1) is 42.9. The lowest BCUT2D eigenvalue weighted by Crippen LogP contribution is -2.65. The third kappa shape index (κ3) is 7.49. The van der Waals surface area contributed by atoms with Crippen LogP contribution in [0.5, 0.6) is 0 Å². The van der Waals surface area contributed by atoms with Crippen LogP contribution in [0.2, 0.25) is 0 Å². The van der Waals surface area contributed by atoms with E-state index in [1.165, 1.54) is 6.92 Å². The van der Waals surface area contributed by atoms with Crippen molar-refractivity contribution >= 4 is 11.9 Å². The standard InChI is InChI=1S/C43H66O15/c1-20-38(49)32(55-23(4)44)18-37(52-20)58-40-22(3)54-36(17-31(40)46)57-39-21(2)53-35(16-30(39)45)56-26-14-25-7-8-29-28(42(25,6)33(47)15-26)9-11-41(5)27(10-12-43(29,41)50)24-13-34(48)51-19-24/h13,20-22,25-33,35-40,45-47,49-50H,7-12,14-19H2,1-6H3/t20-,21+,22+,25+,26-,27-,28-,29+,30+,31+,32+,33-,35-,36-,37-,38-,39-,40-,41+,42+,43+/m0/s1. The zero-order valence-electron chi connectivity index (χ0n) is 34.8. The van der Waals surface area contributed by atoms with Crippen molar-refractivity contribution in [1.82, 2.24) is 0 Å². The van der Waals surface area contributed by atoms with Gasteiger partial charge in [0.2, 0.25) is 0 Å². The molecule has 7 fully saturated rings. The number of aliphatic hydroxyl groups is 5. The molecule has 3 saturated heterocycles. The van der Waals surface area contributed by atoms with Crippen LogP contribution in [0.15, 0.2) is 11.6 Å². The van der Waals surface area contributed by atoms with Crippen molar-refractivity contribution in [3.05, 3.63) is 11.6 Å². The monoisotopic (exact) mass is 822 g/mol.